The maximum Gasteiger partial charge on any atom is 0.326 e. The second-order valence-electron chi connectivity index (χ2n) is 5.21. The fraction of sp³-hybridized carbons (Fsp3) is 0.750. The molecule has 7 nitrogen and oxygen atoms in total. The number of carboxylic acid groups (broad SMARTS) is 1. The molecule has 0 aliphatic heterocycles. The minimum Gasteiger partial charge on any atom is -0.480 e. The molecule has 1 fully saturated rings. The maximum atomic E-state index is 11.6. The average Bonchev–Trinajstić information content (AvgIpc) is 3.15. The Morgan fingerprint density at radius 3 is 2.32 bits per heavy atom. The van der Waals surface area contributed by atoms with Gasteiger partial charge in [-0.2, -0.15) is 0 Å². The van der Waals surface area contributed by atoms with Crippen LogP contribution in [0.1, 0.15) is 26.7 Å². The highest BCUT2D eigenvalue weighted by Crippen LogP contribution is 2.32. The van der Waals surface area contributed by atoms with Crippen LogP contribution >= 0.6 is 0 Å². The molecular weight excluding hydrogens is 250 g/mol. The Labute approximate surface area is 111 Å². The summed E-state index contributed by atoms with van der Waals surface area (Å²) in [5.74, 6) is -1.98. The Bertz CT molecular complexity index is 366. The van der Waals surface area contributed by atoms with Gasteiger partial charge in [0.15, 0.2) is 0 Å². The van der Waals surface area contributed by atoms with Gasteiger partial charge in [-0.3, -0.25) is 9.59 Å². The first-order valence-corrected chi connectivity index (χ1v) is 6.38. The zero-order valence-electron chi connectivity index (χ0n) is 11.2. The molecular formula is C12H21N3O4. The van der Waals surface area contributed by atoms with E-state index in [1.165, 1.54) is 0 Å². The third-order valence-electron chi connectivity index (χ3n) is 3.12. The Kier molecular flexibility index (Phi) is 5.29. The van der Waals surface area contributed by atoms with Crippen molar-refractivity contribution < 1.29 is 19.5 Å². The van der Waals surface area contributed by atoms with Crippen molar-refractivity contribution in [1.82, 2.24) is 10.6 Å². The molecule has 2 amide bonds. The van der Waals surface area contributed by atoms with E-state index in [0.29, 0.717) is 0 Å². The molecule has 2 atom stereocenters. The second kappa shape index (κ2) is 6.51. The van der Waals surface area contributed by atoms with Gasteiger partial charge in [-0.05, 0) is 24.7 Å². The molecule has 1 rings (SSSR count). The van der Waals surface area contributed by atoms with Gasteiger partial charge < -0.3 is 21.5 Å². The van der Waals surface area contributed by atoms with Crippen LogP contribution in [0.4, 0.5) is 0 Å². The van der Waals surface area contributed by atoms with Crippen molar-refractivity contribution in [2.24, 2.45) is 17.6 Å². The molecule has 0 radical (unpaired) electrons. The summed E-state index contributed by atoms with van der Waals surface area (Å²) in [6.07, 6.45) is 1.61. The molecule has 0 aromatic heterocycles. The summed E-state index contributed by atoms with van der Waals surface area (Å²) in [5, 5.41) is 13.8. The first kappa shape index (κ1) is 15.4. The predicted octanol–water partition coefficient (Wildman–Crippen LogP) is -0.935. The summed E-state index contributed by atoms with van der Waals surface area (Å²) in [5.41, 5.74) is 5.62. The van der Waals surface area contributed by atoms with Gasteiger partial charge in [-0.1, -0.05) is 13.8 Å². The van der Waals surface area contributed by atoms with E-state index in [1.54, 1.807) is 13.8 Å². The highest BCUT2D eigenvalue weighted by atomic mass is 16.4. The van der Waals surface area contributed by atoms with Crippen LogP contribution in [0.25, 0.3) is 0 Å². The molecule has 0 spiro atoms. The number of rotatable bonds is 7. The van der Waals surface area contributed by atoms with Crippen molar-refractivity contribution in [1.29, 1.82) is 0 Å². The highest BCUT2D eigenvalue weighted by molar-refractivity contribution is 5.89. The van der Waals surface area contributed by atoms with Crippen LogP contribution in [0, 0.1) is 11.8 Å². The van der Waals surface area contributed by atoms with E-state index in [1.807, 2.05) is 0 Å². The first-order valence-electron chi connectivity index (χ1n) is 6.38. The van der Waals surface area contributed by atoms with Gasteiger partial charge in [-0.25, -0.2) is 4.79 Å². The number of hydrogen-bond acceptors (Lipinski definition) is 4. The van der Waals surface area contributed by atoms with Gasteiger partial charge in [0.1, 0.15) is 6.04 Å². The van der Waals surface area contributed by atoms with Crippen molar-refractivity contribution in [3.63, 3.8) is 0 Å². The third kappa shape index (κ3) is 4.86. The van der Waals surface area contributed by atoms with E-state index < -0.39 is 29.9 Å². The zero-order chi connectivity index (χ0) is 14.6. The molecule has 1 saturated carbocycles. The minimum atomic E-state index is -1.04. The smallest absolute Gasteiger partial charge is 0.326 e. The van der Waals surface area contributed by atoms with Crippen LogP contribution in [0.15, 0.2) is 0 Å². The molecule has 19 heavy (non-hydrogen) atoms. The van der Waals surface area contributed by atoms with Crippen molar-refractivity contribution in [3.05, 3.63) is 0 Å². The minimum absolute atomic E-state index is 0.00933. The number of carboxylic acids is 1. The van der Waals surface area contributed by atoms with E-state index in [-0.39, 0.29) is 18.4 Å². The third-order valence-corrected chi connectivity index (χ3v) is 3.12. The van der Waals surface area contributed by atoms with E-state index in [4.69, 9.17) is 10.8 Å². The fourth-order valence-electron chi connectivity index (χ4n) is 1.62. The number of hydrogen-bond donors (Lipinski definition) is 4. The largest absolute Gasteiger partial charge is 0.480 e. The number of carbonyl (C=O) groups excluding carboxylic acids is 2. The van der Waals surface area contributed by atoms with Gasteiger partial charge in [0.2, 0.25) is 11.8 Å². The van der Waals surface area contributed by atoms with Gasteiger partial charge >= 0.3 is 5.97 Å². The summed E-state index contributed by atoms with van der Waals surface area (Å²) < 4.78 is 0. The topological polar surface area (TPSA) is 122 Å². The molecule has 1 aliphatic carbocycles. The Morgan fingerprint density at radius 1 is 1.32 bits per heavy atom. The summed E-state index contributed by atoms with van der Waals surface area (Å²) in [7, 11) is 0. The number of nitrogens with two attached hydrogens (primary N) is 1. The molecule has 5 N–H and O–H groups in total. The van der Waals surface area contributed by atoms with Crippen molar-refractivity contribution in [2.45, 2.75) is 38.8 Å². The second-order valence-corrected chi connectivity index (χ2v) is 5.21. The molecule has 0 heterocycles. The van der Waals surface area contributed by atoms with E-state index >= 15 is 0 Å². The Hall–Kier alpha value is -1.63. The standard InChI is InChI=1S/C12H21N3O4/c1-6(2)9(13)11(17)14-5-8(16)15-10(12(18)19)7-3-4-7/h6-7,9-10H,3-5,13H2,1-2H3,(H,14,17)(H,15,16)(H,18,19)/t9-,10?/m0/s1. The van der Waals surface area contributed by atoms with Gasteiger partial charge in [0.25, 0.3) is 0 Å². The van der Waals surface area contributed by atoms with Crippen LogP contribution in [-0.4, -0.2) is 41.5 Å². The monoisotopic (exact) mass is 271 g/mol. The quantitative estimate of drug-likeness (QED) is 0.476. The Morgan fingerprint density at radius 2 is 1.89 bits per heavy atom. The molecule has 7 heteroatoms. The maximum absolute atomic E-state index is 11.6. The number of nitrogens with one attached hydrogen (secondary N) is 2. The lowest BCUT2D eigenvalue weighted by molar-refractivity contribution is -0.142. The van der Waals surface area contributed by atoms with Crippen LogP contribution < -0.4 is 16.4 Å². The Balaban J connectivity index is 2.34. The van der Waals surface area contributed by atoms with E-state index in [0.717, 1.165) is 12.8 Å². The summed E-state index contributed by atoms with van der Waals surface area (Å²) >= 11 is 0. The van der Waals surface area contributed by atoms with Crippen molar-refractivity contribution in [2.75, 3.05) is 6.54 Å². The van der Waals surface area contributed by atoms with Crippen LogP contribution in [0.3, 0.4) is 0 Å². The predicted molar refractivity (Wildman–Crippen MR) is 68.1 cm³/mol. The molecule has 1 aliphatic rings. The average molecular weight is 271 g/mol. The van der Waals surface area contributed by atoms with Crippen LogP contribution in [-0.2, 0) is 14.4 Å². The molecule has 0 aromatic rings. The molecule has 108 valence electrons. The summed E-state index contributed by atoms with van der Waals surface area (Å²) in [4.78, 5) is 34.0. The summed E-state index contributed by atoms with van der Waals surface area (Å²) in [6, 6.07) is -1.53. The first-order chi connectivity index (χ1) is 8.82. The van der Waals surface area contributed by atoms with Gasteiger partial charge in [-0.15, -0.1) is 0 Å². The number of amides is 2. The lowest BCUT2D eigenvalue weighted by Crippen LogP contribution is -2.50. The van der Waals surface area contributed by atoms with Crippen molar-refractivity contribution in [3.8, 4) is 0 Å². The normalized spacial score (nSPS) is 17.7. The summed E-state index contributed by atoms with van der Waals surface area (Å²) in [6.45, 7) is 3.35. The number of carbonyl (C=O) groups is 3. The molecule has 0 bridgehead atoms. The molecule has 0 saturated heterocycles. The lowest BCUT2D eigenvalue weighted by atomic mass is 10.1. The lowest BCUT2D eigenvalue weighted by Gasteiger charge is -2.17. The SMILES string of the molecule is CC(C)[C@H](N)C(=O)NCC(=O)NC(C(=O)O)C1CC1. The fourth-order valence-corrected chi connectivity index (χ4v) is 1.62. The van der Waals surface area contributed by atoms with Crippen LogP contribution in [0.2, 0.25) is 0 Å². The van der Waals surface area contributed by atoms with Crippen molar-refractivity contribution >= 4 is 17.8 Å². The van der Waals surface area contributed by atoms with E-state index in [2.05, 4.69) is 10.6 Å². The molecule has 0 aromatic carbocycles. The van der Waals surface area contributed by atoms with Gasteiger partial charge in [0.05, 0.1) is 12.6 Å². The zero-order valence-corrected chi connectivity index (χ0v) is 11.2. The van der Waals surface area contributed by atoms with Gasteiger partial charge in [0, 0.05) is 0 Å². The highest BCUT2D eigenvalue weighted by Gasteiger charge is 2.37. The van der Waals surface area contributed by atoms with E-state index in [9.17, 15) is 14.4 Å². The molecule has 1 unspecified atom stereocenters. The van der Waals surface area contributed by atoms with Crippen LogP contribution in [0.5, 0.6) is 0 Å². The number of aliphatic carboxylic acids is 1.